The van der Waals surface area contributed by atoms with E-state index in [0.717, 1.165) is 58.5 Å². The quantitative estimate of drug-likeness (QED) is 0.547. The molecule has 0 bridgehead atoms. The van der Waals surface area contributed by atoms with Crippen LogP contribution in [0.2, 0.25) is 0 Å². The highest BCUT2D eigenvalue weighted by molar-refractivity contribution is 7.91. The molecule has 0 aliphatic carbocycles. The van der Waals surface area contributed by atoms with Crippen LogP contribution in [-0.2, 0) is 25.1 Å². The summed E-state index contributed by atoms with van der Waals surface area (Å²) in [5, 5.41) is 4.78. The average molecular weight is 569 g/mol. The van der Waals surface area contributed by atoms with Crippen LogP contribution < -0.4 is 0 Å². The van der Waals surface area contributed by atoms with Crippen molar-refractivity contribution in [3.05, 3.63) is 35.3 Å². The van der Waals surface area contributed by atoms with Gasteiger partial charge in [-0.15, -0.1) is 12.4 Å². The first-order chi connectivity index (χ1) is 17.9. The first-order valence-corrected chi connectivity index (χ1v) is 14.9. The third-order valence-corrected chi connectivity index (χ3v) is 9.87. The lowest BCUT2D eigenvalue weighted by atomic mass is 9.96. The monoisotopic (exact) mass is 568 g/mol. The first-order valence-electron chi connectivity index (χ1n) is 13.2. The molecule has 6 rings (SSSR count). The van der Waals surface area contributed by atoms with Crippen LogP contribution in [0.3, 0.4) is 0 Å². The Morgan fingerprint density at radius 2 is 1.79 bits per heavy atom. The van der Waals surface area contributed by atoms with Crippen LogP contribution in [0.15, 0.2) is 23.1 Å². The Labute approximate surface area is 228 Å². The number of hydrogen-bond donors (Lipinski definition) is 0. The molecule has 12 heteroatoms. The van der Waals surface area contributed by atoms with Crippen molar-refractivity contribution in [2.45, 2.75) is 42.4 Å². The Morgan fingerprint density at radius 1 is 1.05 bits per heavy atom. The number of likely N-dealkylation sites (tertiary alicyclic amines) is 1. The fourth-order valence-electron chi connectivity index (χ4n) is 6.13. The molecule has 0 spiro atoms. The van der Waals surface area contributed by atoms with Crippen LogP contribution in [0.1, 0.15) is 47.8 Å². The van der Waals surface area contributed by atoms with Crippen LogP contribution in [0.25, 0.3) is 11.3 Å². The second-order valence-corrected chi connectivity index (χ2v) is 12.4. The zero-order valence-electron chi connectivity index (χ0n) is 21.3. The van der Waals surface area contributed by atoms with E-state index in [1.807, 2.05) is 4.68 Å². The Kier molecular flexibility index (Phi) is 8.12. The summed E-state index contributed by atoms with van der Waals surface area (Å²) in [5.74, 6) is -0.797. The van der Waals surface area contributed by atoms with Crippen molar-refractivity contribution in [1.82, 2.24) is 19.6 Å². The predicted molar refractivity (Wildman–Crippen MR) is 141 cm³/mol. The molecule has 0 N–H and O–H groups in total. The Balaban J connectivity index is 0.00000294. The highest BCUT2D eigenvalue weighted by atomic mass is 35.5. The van der Waals surface area contributed by atoms with E-state index in [1.54, 1.807) is 11.0 Å². The Hall–Kier alpha value is -2.05. The van der Waals surface area contributed by atoms with Gasteiger partial charge >= 0.3 is 0 Å². The van der Waals surface area contributed by atoms with Crippen molar-refractivity contribution in [3.63, 3.8) is 0 Å². The smallest absolute Gasteiger partial charge is 0.274 e. The molecule has 5 heterocycles. The lowest BCUT2D eigenvalue weighted by Crippen LogP contribution is -2.41. The maximum absolute atomic E-state index is 14.9. The van der Waals surface area contributed by atoms with E-state index in [2.05, 4.69) is 4.90 Å². The topological polar surface area (TPSA) is 94.0 Å². The summed E-state index contributed by atoms with van der Waals surface area (Å²) in [6, 6.07) is 4.31. The summed E-state index contributed by atoms with van der Waals surface area (Å²) in [4.78, 5) is 17.3. The molecular weight excluding hydrogens is 535 g/mol. The minimum atomic E-state index is -3.96. The molecule has 0 radical (unpaired) electrons. The number of carbonyl (C=O) groups is 1. The summed E-state index contributed by atoms with van der Waals surface area (Å²) in [5.41, 5.74) is 1.42. The second kappa shape index (κ2) is 11.2. The van der Waals surface area contributed by atoms with Crippen LogP contribution in [0.4, 0.5) is 4.39 Å². The number of aromatic nitrogens is 2. The van der Waals surface area contributed by atoms with Crippen LogP contribution in [0.5, 0.6) is 0 Å². The van der Waals surface area contributed by atoms with Crippen LogP contribution in [0, 0.1) is 11.7 Å². The van der Waals surface area contributed by atoms with Gasteiger partial charge in [0.25, 0.3) is 5.91 Å². The molecular formula is C26H34ClFN4O5S. The summed E-state index contributed by atoms with van der Waals surface area (Å²) in [6.45, 7) is 6.07. The molecule has 2 aromatic rings. The number of fused-ring (bicyclic) bond motifs is 3. The van der Waals surface area contributed by atoms with Crippen molar-refractivity contribution in [2.75, 3.05) is 59.2 Å². The van der Waals surface area contributed by atoms with Gasteiger partial charge in [0, 0.05) is 50.5 Å². The van der Waals surface area contributed by atoms with Gasteiger partial charge in [0.1, 0.15) is 10.7 Å². The minimum absolute atomic E-state index is 0. The summed E-state index contributed by atoms with van der Waals surface area (Å²) < 4.78 is 53.9. The predicted octanol–water partition coefficient (Wildman–Crippen LogP) is 2.93. The Morgan fingerprint density at radius 3 is 2.55 bits per heavy atom. The summed E-state index contributed by atoms with van der Waals surface area (Å²) in [7, 11) is -3.96. The van der Waals surface area contributed by atoms with Gasteiger partial charge in [-0.25, -0.2) is 12.8 Å². The first kappa shape index (κ1) is 27.5. The summed E-state index contributed by atoms with van der Waals surface area (Å²) in [6.07, 6.45) is 4.17. The average Bonchev–Trinajstić information content (AvgIpc) is 3.52. The van der Waals surface area contributed by atoms with Gasteiger partial charge in [-0.05, 0) is 44.2 Å². The molecule has 1 amide bonds. The molecule has 1 aromatic heterocycles. The van der Waals surface area contributed by atoms with Crippen molar-refractivity contribution in [2.24, 2.45) is 5.92 Å². The number of carbonyl (C=O) groups excluding carboxylic acids is 1. The number of nitrogens with zero attached hydrogens (tertiary/aromatic N) is 4. The number of hydrogen-bond acceptors (Lipinski definition) is 7. The number of sulfone groups is 1. The molecule has 3 saturated heterocycles. The normalized spacial score (nSPS) is 23.5. The van der Waals surface area contributed by atoms with E-state index < -0.39 is 21.4 Å². The molecule has 208 valence electrons. The molecule has 1 atom stereocenters. The van der Waals surface area contributed by atoms with Crippen molar-refractivity contribution in [1.29, 1.82) is 0 Å². The van der Waals surface area contributed by atoms with E-state index in [-0.39, 0.29) is 34.9 Å². The van der Waals surface area contributed by atoms with Gasteiger partial charge < -0.3 is 19.3 Å². The molecule has 1 unspecified atom stereocenters. The van der Waals surface area contributed by atoms with Gasteiger partial charge in [0.2, 0.25) is 0 Å². The number of ether oxygens (including phenoxy) is 2. The number of halogens is 2. The molecule has 38 heavy (non-hydrogen) atoms. The van der Waals surface area contributed by atoms with E-state index in [1.165, 1.54) is 12.1 Å². The Bertz CT molecular complexity index is 1290. The van der Waals surface area contributed by atoms with E-state index >= 15 is 0 Å². The number of benzene rings is 1. The molecule has 4 aliphatic heterocycles. The van der Waals surface area contributed by atoms with Gasteiger partial charge in [-0.2, -0.15) is 5.10 Å². The molecule has 3 fully saturated rings. The molecule has 1 aromatic carbocycles. The van der Waals surface area contributed by atoms with Gasteiger partial charge in [-0.1, -0.05) is 12.1 Å². The maximum atomic E-state index is 14.9. The second-order valence-electron chi connectivity index (χ2n) is 10.5. The number of morpholine rings is 1. The maximum Gasteiger partial charge on any atom is 0.274 e. The van der Waals surface area contributed by atoms with E-state index in [0.29, 0.717) is 49.0 Å². The fourth-order valence-corrected chi connectivity index (χ4v) is 7.79. The van der Waals surface area contributed by atoms with E-state index in [9.17, 15) is 17.6 Å². The zero-order chi connectivity index (χ0) is 25.6. The number of amides is 1. The molecule has 9 nitrogen and oxygen atoms in total. The zero-order valence-corrected chi connectivity index (χ0v) is 22.9. The lowest BCUT2D eigenvalue weighted by molar-refractivity contribution is 0.0297. The van der Waals surface area contributed by atoms with Crippen molar-refractivity contribution >= 4 is 28.2 Å². The van der Waals surface area contributed by atoms with Crippen LogP contribution >= 0.6 is 12.4 Å². The highest BCUT2D eigenvalue weighted by Gasteiger charge is 2.40. The SMILES string of the molecule is Cl.O=C(c1nn(C2CCN(CCC3CCOCC3)C2)c2c1CS(=O)(=O)c1c(F)cccc1-2)N1CCOCC1. The minimum Gasteiger partial charge on any atom is -0.381 e. The molecule has 0 saturated carbocycles. The standard InChI is InChI=1S/C26H33FN4O5S.ClH/c27-22-3-1-2-20-24-21(17-37(33,34)25(20)22)23(26(32)30-10-14-36-15-11-30)28-31(24)19-5-9-29(16-19)8-4-18-6-12-35-13-7-18;/h1-3,18-19H,4-17H2;1H. The van der Waals surface area contributed by atoms with E-state index in [4.69, 9.17) is 14.6 Å². The lowest BCUT2D eigenvalue weighted by Gasteiger charge is -2.26. The third-order valence-electron chi connectivity index (χ3n) is 8.16. The summed E-state index contributed by atoms with van der Waals surface area (Å²) >= 11 is 0. The largest absolute Gasteiger partial charge is 0.381 e. The van der Waals surface area contributed by atoms with Gasteiger partial charge in [0.05, 0.1) is 30.7 Å². The van der Waals surface area contributed by atoms with Crippen LogP contribution in [-0.4, -0.2) is 93.1 Å². The van der Waals surface area contributed by atoms with Crippen molar-refractivity contribution in [3.8, 4) is 11.3 Å². The van der Waals surface area contributed by atoms with Gasteiger partial charge in [-0.3, -0.25) is 9.48 Å². The third kappa shape index (κ3) is 5.11. The fraction of sp³-hybridized carbons (Fsp3) is 0.615. The number of rotatable bonds is 5. The highest BCUT2D eigenvalue weighted by Crippen LogP contribution is 2.43. The van der Waals surface area contributed by atoms with Gasteiger partial charge in [0.15, 0.2) is 15.5 Å². The van der Waals surface area contributed by atoms with Crippen molar-refractivity contribution < 1.29 is 27.1 Å². The molecule has 4 aliphatic rings.